The zero-order valence-corrected chi connectivity index (χ0v) is 8.77. The van der Waals surface area contributed by atoms with E-state index in [2.05, 4.69) is 5.32 Å². The van der Waals surface area contributed by atoms with Crippen molar-refractivity contribution in [3.05, 3.63) is 23.8 Å². The Morgan fingerprint density at radius 2 is 2.38 bits per heavy atom. The molecule has 4 N–H and O–H groups in total. The highest BCUT2D eigenvalue weighted by Gasteiger charge is 2.16. The molecule has 0 fully saturated rings. The van der Waals surface area contributed by atoms with E-state index in [1.807, 2.05) is 12.1 Å². The number of anilines is 1. The summed E-state index contributed by atoms with van der Waals surface area (Å²) in [5.41, 5.74) is 7.27. The molecule has 1 aliphatic rings. The van der Waals surface area contributed by atoms with Gasteiger partial charge >= 0.3 is 0 Å². The Balaban J connectivity index is 2.18. The second-order valence-electron chi connectivity index (χ2n) is 3.81. The van der Waals surface area contributed by atoms with E-state index in [4.69, 9.17) is 15.6 Å². The van der Waals surface area contributed by atoms with Gasteiger partial charge in [-0.3, -0.25) is 4.79 Å². The summed E-state index contributed by atoms with van der Waals surface area (Å²) < 4.78 is 5.23. The number of aliphatic hydroxyl groups excluding tert-OH is 1. The monoisotopic (exact) mass is 222 g/mol. The van der Waals surface area contributed by atoms with Gasteiger partial charge in [-0.05, 0) is 24.1 Å². The van der Waals surface area contributed by atoms with E-state index in [1.54, 1.807) is 6.07 Å². The second kappa shape index (κ2) is 4.51. The molecule has 86 valence electrons. The fourth-order valence-electron chi connectivity index (χ4n) is 1.62. The van der Waals surface area contributed by atoms with E-state index in [9.17, 15) is 4.79 Å². The second-order valence-corrected chi connectivity index (χ2v) is 3.81. The third-order valence-electron chi connectivity index (χ3n) is 2.41. The maximum Gasteiger partial charge on any atom is 0.262 e. The molecule has 0 spiro atoms. The lowest BCUT2D eigenvalue weighted by molar-refractivity contribution is -0.118. The smallest absolute Gasteiger partial charge is 0.262 e. The lowest BCUT2D eigenvalue weighted by Crippen LogP contribution is -2.28. The molecule has 1 aromatic rings. The standard InChI is InChI=1S/C11H14N2O3/c12-8(5-14)3-7-1-2-10-9(4-7)13-11(15)6-16-10/h1-2,4,8,14H,3,5-6,12H2,(H,13,15). The van der Waals surface area contributed by atoms with Crippen molar-refractivity contribution in [1.29, 1.82) is 0 Å². The van der Waals surface area contributed by atoms with Crippen LogP contribution in [0.1, 0.15) is 5.56 Å². The number of ether oxygens (including phenoxy) is 1. The van der Waals surface area contributed by atoms with Crippen LogP contribution < -0.4 is 15.8 Å². The van der Waals surface area contributed by atoms with E-state index >= 15 is 0 Å². The highest BCUT2D eigenvalue weighted by Crippen LogP contribution is 2.28. The normalized spacial score (nSPS) is 16.0. The van der Waals surface area contributed by atoms with Crippen molar-refractivity contribution in [3.63, 3.8) is 0 Å². The lowest BCUT2D eigenvalue weighted by atomic mass is 10.1. The molecule has 2 rings (SSSR count). The average Bonchev–Trinajstić information content (AvgIpc) is 2.28. The molecular formula is C11H14N2O3. The van der Waals surface area contributed by atoms with Gasteiger partial charge in [-0.25, -0.2) is 0 Å². The summed E-state index contributed by atoms with van der Waals surface area (Å²) in [5, 5.41) is 11.6. The zero-order chi connectivity index (χ0) is 11.5. The largest absolute Gasteiger partial charge is 0.482 e. The number of amides is 1. The number of aliphatic hydroxyl groups is 1. The number of fused-ring (bicyclic) bond motifs is 1. The highest BCUT2D eigenvalue weighted by atomic mass is 16.5. The summed E-state index contributed by atoms with van der Waals surface area (Å²) in [6.45, 7) is 0.00243. The number of rotatable bonds is 3. The van der Waals surface area contributed by atoms with Crippen LogP contribution in [0.5, 0.6) is 5.75 Å². The van der Waals surface area contributed by atoms with Crippen molar-refractivity contribution in [2.45, 2.75) is 12.5 Å². The molecule has 0 aliphatic carbocycles. The first-order valence-electron chi connectivity index (χ1n) is 5.11. The van der Waals surface area contributed by atoms with Gasteiger partial charge in [0.05, 0.1) is 12.3 Å². The minimum Gasteiger partial charge on any atom is -0.482 e. The van der Waals surface area contributed by atoms with Gasteiger partial charge in [-0.15, -0.1) is 0 Å². The fraction of sp³-hybridized carbons (Fsp3) is 0.364. The highest BCUT2D eigenvalue weighted by molar-refractivity contribution is 5.95. The Kier molecular flexibility index (Phi) is 3.07. The summed E-state index contributed by atoms with van der Waals surface area (Å²) >= 11 is 0. The fourth-order valence-corrected chi connectivity index (χ4v) is 1.62. The summed E-state index contributed by atoms with van der Waals surface area (Å²) in [7, 11) is 0. The molecule has 5 nitrogen and oxygen atoms in total. The number of carbonyl (C=O) groups is 1. The van der Waals surface area contributed by atoms with Crippen molar-refractivity contribution < 1.29 is 14.6 Å². The van der Waals surface area contributed by atoms with Crippen LogP contribution in [0.15, 0.2) is 18.2 Å². The molecule has 0 saturated heterocycles. The van der Waals surface area contributed by atoms with Crippen LogP contribution in [0, 0.1) is 0 Å². The zero-order valence-electron chi connectivity index (χ0n) is 8.77. The average molecular weight is 222 g/mol. The number of nitrogens with one attached hydrogen (secondary N) is 1. The predicted molar refractivity (Wildman–Crippen MR) is 59.3 cm³/mol. The molecule has 0 bridgehead atoms. The van der Waals surface area contributed by atoms with Crippen LogP contribution in [0.2, 0.25) is 0 Å². The van der Waals surface area contributed by atoms with Gasteiger partial charge in [0.2, 0.25) is 0 Å². The van der Waals surface area contributed by atoms with Gasteiger partial charge in [-0.2, -0.15) is 0 Å². The van der Waals surface area contributed by atoms with E-state index in [-0.39, 0.29) is 25.2 Å². The third-order valence-corrected chi connectivity index (χ3v) is 2.41. The Bertz CT molecular complexity index is 406. The minimum absolute atomic E-state index is 0.0556. The van der Waals surface area contributed by atoms with Crippen LogP contribution in [0.3, 0.4) is 0 Å². The summed E-state index contributed by atoms with van der Waals surface area (Å²) in [4.78, 5) is 11.1. The molecule has 1 heterocycles. The van der Waals surface area contributed by atoms with Gasteiger partial charge < -0.3 is 20.9 Å². The van der Waals surface area contributed by atoms with Crippen LogP contribution >= 0.6 is 0 Å². The summed E-state index contributed by atoms with van der Waals surface area (Å²) in [6.07, 6.45) is 0.569. The Morgan fingerprint density at radius 3 is 3.12 bits per heavy atom. The summed E-state index contributed by atoms with van der Waals surface area (Å²) in [6, 6.07) is 5.22. The third kappa shape index (κ3) is 2.32. The van der Waals surface area contributed by atoms with Crippen molar-refractivity contribution >= 4 is 11.6 Å². The van der Waals surface area contributed by atoms with Crippen molar-refractivity contribution in [2.24, 2.45) is 5.73 Å². The van der Waals surface area contributed by atoms with E-state index < -0.39 is 0 Å². The van der Waals surface area contributed by atoms with Crippen LogP contribution in [0.25, 0.3) is 0 Å². The number of hydrogen-bond acceptors (Lipinski definition) is 4. The molecule has 16 heavy (non-hydrogen) atoms. The molecule has 1 aromatic carbocycles. The molecule has 1 aliphatic heterocycles. The van der Waals surface area contributed by atoms with E-state index in [0.29, 0.717) is 17.9 Å². The molecule has 1 amide bonds. The first-order chi connectivity index (χ1) is 7.69. The van der Waals surface area contributed by atoms with Crippen LogP contribution in [-0.4, -0.2) is 30.3 Å². The molecule has 1 atom stereocenters. The Morgan fingerprint density at radius 1 is 1.56 bits per heavy atom. The molecule has 0 aromatic heterocycles. The first kappa shape index (κ1) is 10.9. The Hall–Kier alpha value is -1.59. The van der Waals surface area contributed by atoms with Gasteiger partial charge in [0.15, 0.2) is 6.61 Å². The maximum absolute atomic E-state index is 11.1. The predicted octanol–water partition coefficient (Wildman–Crippen LogP) is -0.120. The van der Waals surface area contributed by atoms with Crippen LogP contribution in [0.4, 0.5) is 5.69 Å². The number of carbonyl (C=O) groups excluding carboxylic acids is 1. The van der Waals surface area contributed by atoms with Gasteiger partial charge in [-0.1, -0.05) is 6.07 Å². The van der Waals surface area contributed by atoms with Crippen LogP contribution in [-0.2, 0) is 11.2 Å². The topological polar surface area (TPSA) is 84.6 Å². The summed E-state index contributed by atoms with van der Waals surface area (Å²) in [5.74, 6) is 0.511. The van der Waals surface area contributed by atoms with E-state index in [1.165, 1.54) is 0 Å². The maximum atomic E-state index is 11.1. The number of hydrogen-bond donors (Lipinski definition) is 3. The van der Waals surface area contributed by atoms with Gasteiger partial charge in [0.1, 0.15) is 5.75 Å². The number of benzene rings is 1. The lowest BCUT2D eigenvalue weighted by Gasteiger charge is -2.19. The molecule has 0 saturated carbocycles. The Labute approximate surface area is 93.2 Å². The van der Waals surface area contributed by atoms with Crippen molar-refractivity contribution in [1.82, 2.24) is 0 Å². The van der Waals surface area contributed by atoms with Gasteiger partial charge in [0, 0.05) is 6.04 Å². The SMILES string of the molecule is NC(CO)Cc1ccc2c(c1)NC(=O)CO2. The first-order valence-corrected chi connectivity index (χ1v) is 5.11. The van der Waals surface area contributed by atoms with Crippen molar-refractivity contribution in [2.75, 3.05) is 18.5 Å². The molecule has 5 heteroatoms. The molecule has 0 radical (unpaired) electrons. The minimum atomic E-state index is -0.279. The molecule has 1 unspecified atom stereocenters. The quantitative estimate of drug-likeness (QED) is 0.665. The van der Waals surface area contributed by atoms with Gasteiger partial charge in [0.25, 0.3) is 5.91 Å². The molecular weight excluding hydrogens is 208 g/mol. The van der Waals surface area contributed by atoms with E-state index in [0.717, 1.165) is 5.56 Å². The number of nitrogens with two attached hydrogens (primary N) is 1. The van der Waals surface area contributed by atoms with Crippen molar-refractivity contribution in [3.8, 4) is 5.75 Å².